The van der Waals surface area contributed by atoms with Gasteiger partial charge in [0.2, 0.25) is 0 Å². The molecule has 0 aliphatic carbocycles. The zero-order chi connectivity index (χ0) is 15.5. The summed E-state index contributed by atoms with van der Waals surface area (Å²) in [6.45, 7) is 2.05. The Morgan fingerprint density at radius 2 is 2.29 bits per heavy atom. The van der Waals surface area contributed by atoms with Crippen molar-refractivity contribution in [2.75, 3.05) is 5.32 Å². The molecule has 21 heavy (non-hydrogen) atoms. The number of hydrogen-bond donors (Lipinski definition) is 2. The summed E-state index contributed by atoms with van der Waals surface area (Å²) in [6, 6.07) is -1.60. The van der Waals surface area contributed by atoms with Gasteiger partial charge in [0.25, 0.3) is 0 Å². The minimum Gasteiger partial charge on any atom is -0.431 e. The van der Waals surface area contributed by atoms with Crippen LogP contribution in [-0.2, 0) is 12.7 Å². The van der Waals surface area contributed by atoms with Gasteiger partial charge in [-0.3, -0.25) is 10.00 Å². The molecule has 2 N–H and O–H groups in total. The van der Waals surface area contributed by atoms with Gasteiger partial charge in [-0.15, -0.1) is 0 Å². The van der Waals surface area contributed by atoms with Crippen molar-refractivity contribution in [2.24, 2.45) is 0 Å². The number of rotatable bonds is 4. The number of amides is 2. The molecule has 2 rings (SSSR count). The average Bonchev–Trinajstić information content (AvgIpc) is 2.98. The molecule has 2 aromatic heterocycles. The van der Waals surface area contributed by atoms with E-state index in [0.717, 1.165) is 0 Å². The Bertz CT molecular complexity index is 594. The summed E-state index contributed by atoms with van der Waals surface area (Å²) in [5, 5.41) is 8.42. The molecule has 2 aromatic rings. The number of anilines is 1. The highest BCUT2D eigenvalue weighted by Crippen LogP contribution is 2.29. The number of alkyl halides is 3. The largest absolute Gasteiger partial charge is 0.436 e. The minimum atomic E-state index is -4.62. The molecule has 1 atom stereocenters. The van der Waals surface area contributed by atoms with Crippen LogP contribution in [0, 0.1) is 0 Å². The van der Waals surface area contributed by atoms with Crippen LogP contribution in [0.3, 0.4) is 0 Å². The summed E-state index contributed by atoms with van der Waals surface area (Å²) in [4.78, 5) is 18.4. The first-order valence-electron chi connectivity index (χ1n) is 5.77. The van der Waals surface area contributed by atoms with E-state index >= 15 is 0 Å². The van der Waals surface area contributed by atoms with Gasteiger partial charge in [0.1, 0.15) is 18.9 Å². The van der Waals surface area contributed by atoms with Crippen molar-refractivity contribution in [3.8, 4) is 0 Å². The van der Waals surface area contributed by atoms with Crippen LogP contribution in [0.25, 0.3) is 0 Å². The van der Waals surface area contributed by atoms with E-state index in [0.29, 0.717) is 12.8 Å². The quantitative estimate of drug-likeness (QED) is 0.892. The van der Waals surface area contributed by atoms with Gasteiger partial charge in [-0.1, -0.05) is 0 Å². The number of carbonyl (C=O) groups is 1. The molecular formula is C10H11F3N6O2. The zero-order valence-electron chi connectivity index (χ0n) is 10.8. The van der Waals surface area contributed by atoms with Crippen molar-refractivity contribution in [2.45, 2.75) is 25.7 Å². The fourth-order valence-corrected chi connectivity index (χ4v) is 1.47. The molecule has 0 saturated heterocycles. The SMILES string of the molecule is C[C@@H](Cn1cncn1)NC(=O)Nc1nc(C(F)(F)F)co1. The number of urea groups is 1. The first-order chi connectivity index (χ1) is 9.84. The number of oxazole rings is 1. The van der Waals surface area contributed by atoms with Gasteiger partial charge in [-0.2, -0.15) is 23.3 Å². The third-order valence-electron chi connectivity index (χ3n) is 2.32. The lowest BCUT2D eigenvalue weighted by Crippen LogP contribution is -2.38. The summed E-state index contributed by atoms with van der Waals surface area (Å²) in [6.07, 6.45) is -1.38. The Morgan fingerprint density at radius 3 is 2.86 bits per heavy atom. The molecule has 0 bridgehead atoms. The van der Waals surface area contributed by atoms with Crippen LogP contribution >= 0.6 is 0 Å². The predicted molar refractivity (Wildman–Crippen MR) is 63.1 cm³/mol. The van der Waals surface area contributed by atoms with Gasteiger partial charge in [-0.25, -0.2) is 9.78 Å². The molecule has 0 aliphatic rings. The molecule has 8 nitrogen and oxygen atoms in total. The van der Waals surface area contributed by atoms with E-state index in [4.69, 9.17) is 0 Å². The van der Waals surface area contributed by atoms with Crippen molar-refractivity contribution in [3.63, 3.8) is 0 Å². The molecule has 0 aliphatic heterocycles. The second kappa shape index (κ2) is 5.81. The van der Waals surface area contributed by atoms with Crippen LogP contribution in [0.5, 0.6) is 0 Å². The molecule has 2 amide bonds. The number of aromatic nitrogens is 4. The number of carbonyl (C=O) groups excluding carboxylic acids is 1. The topological polar surface area (TPSA) is 97.9 Å². The van der Waals surface area contributed by atoms with E-state index in [-0.39, 0.29) is 6.04 Å². The van der Waals surface area contributed by atoms with Crippen molar-refractivity contribution in [1.29, 1.82) is 0 Å². The summed E-state index contributed by atoms with van der Waals surface area (Å²) < 4.78 is 42.9. The van der Waals surface area contributed by atoms with Crippen molar-refractivity contribution >= 4 is 12.0 Å². The van der Waals surface area contributed by atoms with E-state index in [2.05, 4.69) is 30.1 Å². The fourth-order valence-electron chi connectivity index (χ4n) is 1.47. The van der Waals surface area contributed by atoms with E-state index < -0.39 is 23.9 Å². The fraction of sp³-hybridized carbons (Fsp3) is 0.400. The van der Waals surface area contributed by atoms with Crippen LogP contribution in [0.15, 0.2) is 23.3 Å². The maximum atomic E-state index is 12.3. The first kappa shape index (κ1) is 14.8. The van der Waals surface area contributed by atoms with Crippen LogP contribution < -0.4 is 10.6 Å². The summed E-state index contributed by atoms with van der Waals surface area (Å²) in [5.74, 6) is 0. The van der Waals surface area contributed by atoms with Gasteiger partial charge < -0.3 is 9.73 Å². The van der Waals surface area contributed by atoms with Gasteiger partial charge in [0, 0.05) is 6.04 Å². The Hall–Kier alpha value is -2.59. The maximum Gasteiger partial charge on any atom is 0.436 e. The first-order valence-corrected chi connectivity index (χ1v) is 5.77. The third-order valence-corrected chi connectivity index (χ3v) is 2.32. The lowest BCUT2D eigenvalue weighted by Gasteiger charge is -2.13. The smallest absolute Gasteiger partial charge is 0.431 e. The Labute approximate surface area is 116 Å². The van der Waals surface area contributed by atoms with Gasteiger partial charge in [0.15, 0.2) is 5.69 Å². The molecule has 0 radical (unpaired) electrons. The number of nitrogens with one attached hydrogen (secondary N) is 2. The Kier molecular flexibility index (Phi) is 4.10. The van der Waals surface area contributed by atoms with Crippen molar-refractivity contribution < 1.29 is 22.4 Å². The van der Waals surface area contributed by atoms with Crippen molar-refractivity contribution in [1.82, 2.24) is 25.1 Å². The molecular weight excluding hydrogens is 293 g/mol. The maximum absolute atomic E-state index is 12.3. The third kappa shape index (κ3) is 4.19. The van der Waals surface area contributed by atoms with Crippen LogP contribution in [0.4, 0.5) is 24.0 Å². The van der Waals surface area contributed by atoms with Gasteiger partial charge in [-0.05, 0) is 6.92 Å². The Morgan fingerprint density at radius 1 is 1.52 bits per heavy atom. The van der Waals surface area contributed by atoms with Crippen molar-refractivity contribution in [3.05, 3.63) is 24.6 Å². The summed E-state index contributed by atoms with van der Waals surface area (Å²) in [7, 11) is 0. The van der Waals surface area contributed by atoms with E-state index in [9.17, 15) is 18.0 Å². The highest BCUT2D eigenvalue weighted by Gasteiger charge is 2.35. The van der Waals surface area contributed by atoms with Crippen LogP contribution in [0.1, 0.15) is 12.6 Å². The van der Waals surface area contributed by atoms with E-state index in [1.807, 2.05) is 0 Å². The highest BCUT2D eigenvalue weighted by atomic mass is 19.4. The van der Waals surface area contributed by atoms with Gasteiger partial charge >= 0.3 is 18.2 Å². The molecule has 11 heteroatoms. The zero-order valence-corrected chi connectivity index (χ0v) is 10.8. The van der Waals surface area contributed by atoms with Crippen LogP contribution in [-0.4, -0.2) is 31.8 Å². The lowest BCUT2D eigenvalue weighted by atomic mass is 10.3. The second-order valence-corrected chi connectivity index (χ2v) is 4.15. The molecule has 0 aromatic carbocycles. The molecule has 114 valence electrons. The minimum absolute atomic E-state index is 0.330. The van der Waals surface area contributed by atoms with Crippen LogP contribution in [0.2, 0.25) is 0 Å². The highest BCUT2D eigenvalue weighted by molar-refractivity contribution is 5.87. The van der Waals surface area contributed by atoms with E-state index in [1.54, 1.807) is 6.92 Å². The second-order valence-electron chi connectivity index (χ2n) is 4.15. The Balaban J connectivity index is 1.85. The van der Waals surface area contributed by atoms with E-state index in [1.165, 1.54) is 17.3 Å². The monoisotopic (exact) mass is 304 g/mol. The molecule has 0 unspecified atom stereocenters. The lowest BCUT2D eigenvalue weighted by molar-refractivity contribution is -0.141. The predicted octanol–water partition coefficient (Wildman–Crippen LogP) is 1.50. The van der Waals surface area contributed by atoms with Gasteiger partial charge in [0.05, 0.1) is 6.54 Å². The number of nitrogens with zero attached hydrogens (tertiary/aromatic N) is 4. The summed E-state index contributed by atoms with van der Waals surface area (Å²) >= 11 is 0. The molecule has 0 saturated carbocycles. The average molecular weight is 304 g/mol. The summed E-state index contributed by atoms with van der Waals surface area (Å²) in [5.41, 5.74) is -1.21. The molecule has 0 fully saturated rings. The number of halogens is 3. The number of hydrogen-bond acceptors (Lipinski definition) is 5. The standard InChI is InChI=1S/C10H11F3N6O2/c1-6(2-19-5-14-4-15-19)16-8(20)18-9-17-7(3-21-9)10(11,12)13/h3-6H,2H2,1H3,(H2,16,17,18,20)/t6-/m0/s1. The molecule has 2 heterocycles. The molecule has 0 spiro atoms. The normalized spacial score (nSPS) is 13.0.